The normalized spacial score (nSPS) is 18.1. The van der Waals surface area contributed by atoms with Crippen LogP contribution in [0.5, 0.6) is 5.88 Å². The number of hydrogen-bond acceptors (Lipinski definition) is 5. The van der Waals surface area contributed by atoms with Gasteiger partial charge in [0, 0.05) is 26.3 Å². The van der Waals surface area contributed by atoms with Gasteiger partial charge in [-0.05, 0) is 12.5 Å². The Labute approximate surface area is 130 Å². The Balaban J connectivity index is 1.83. The highest BCUT2D eigenvalue weighted by Gasteiger charge is 2.23. The molecule has 0 aromatic carbocycles. The minimum atomic E-state index is -0.128. The zero-order valence-electron chi connectivity index (χ0n) is 13.1. The smallest absolute Gasteiger partial charge is 0.322 e. The molecule has 0 radical (unpaired) electrons. The highest BCUT2D eigenvalue weighted by Crippen LogP contribution is 2.14. The second-order valence-electron chi connectivity index (χ2n) is 5.00. The average molecular weight is 309 g/mol. The van der Waals surface area contributed by atoms with E-state index in [0.717, 1.165) is 6.42 Å². The zero-order chi connectivity index (χ0) is 15.8. The Morgan fingerprint density at radius 3 is 3.05 bits per heavy atom. The maximum Gasteiger partial charge on any atom is 0.322 e. The summed E-state index contributed by atoms with van der Waals surface area (Å²) in [6.45, 7) is 4.81. The minimum Gasteiger partial charge on any atom is -0.475 e. The molecule has 1 aromatic heterocycles. The van der Waals surface area contributed by atoms with E-state index in [0.29, 0.717) is 44.5 Å². The van der Waals surface area contributed by atoms with Crippen LogP contribution in [0.4, 0.5) is 10.5 Å². The van der Waals surface area contributed by atoms with Crippen LogP contribution in [0.25, 0.3) is 0 Å². The van der Waals surface area contributed by atoms with Gasteiger partial charge in [0.1, 0.15) is 6.61 Å². The number of aromatic nitrogens is 1. The van der Waals surface area contributed by atoms with Crippen LogP contribution < -0.4 is 10.1 Å². The Morgan fingerprint density at radius 1 is 1.50 bits per heavy atom. The molecule has 1 aromatic rings. The molecule has 0 spiro atoms. The molecule has 0 bridgehead atoms. The summed E-state index contributed by atoms with van der Waals surface area (Å²) in [5, 5.41) is 2.84. The lowest BCUT2D eigenvalue weighted by Gasteiger charge is -2.32. The first-order chi connectivity index (χ1) is 10.7. The van der Waals surface area contributed by atoms with Crippen molar-refractivity contribution in [3.8, 4) is 5.88 Å². The van der Waals surface area contributed by atoms with E-state index < -0.39 is 0 Å². The third-order valence-corrected chi connectivity index (χ3v) is 3.41. The average Bonchev–Trinajstić information content (AvgIpc) is 2.56. The van der Waals surface area contributed by atoms with Gasteiger partial charge in [0.05, 0.1) is 31.2 Å². The Hall–Kier alpha value is -1.86. The third kappa shape index (κ3) is 4.85. The second kappa shape index (κ2) is 8.55. The standard InChI is InChI=1S/C15H23N3O4/c1-3-13-11-18(6-7-21-13)15(19)17-12-4-5-14(16-10-12)22-9-8-20-2/h4-5,10,13H,3,6-9,11H2,1-2H3,(H,17,19)/t13-/m0/s1. The number of rotatable bonds is 6. The molecule has 7 nitrogen and oxygen atoms in total. The molecule has 2 rings (SSSR count). The van der Waals surface area contributed by atoms with Gasteiger partial charge in [-0.25, -0.2) is 9.78 Å². The van der Waals surface area contributed by atoms with Crippen molar-refractivity contribution in [3.05, 3.63) is 18.3 Å². The van der Waals surface area contributed by atoms with Crippen LogP contribution in [0, 0.1) is 0 Å². The first kappa shape index (κ1) is 16.5. The van der Waals surface area contributed by atoms with E-state index in [2.05, 4.69) is 17.2 Å². The largest absolute Gasteiger partial charge is 0.475 e. The number of nitrogens with zero attached hydrogens (tertiary/aromatic N) is 2. The minimum absolute atomic E-state index is 0.120. The highest BCUT2D eigenvalue weighted by atomic mass is 16.5. The van der Waals surface area contributed by atoms with Crippen molar-refractivity contribution in [3.63, 3.8) is 0 Å². The van der Waals surface area contributed by atoms with Gasteiger partial charge in [-0.3, -0.25) is 0 Å². The van der Waals surface area contributed by atoms with E-state index >= 15 is 0 Å². The van der Waals surface area contributed by atoms with E-state index in [9.17, 15) is 4.79 Å². The van der Waals surface area contributed by atoms with Gasteiger partial charge in [0.15, 0.2) is 0 Å². The number of anilines is 1. The van der Waals surface area contributed by atoms with Gasteiger partial charge in [-0.15, -0.1) is 0 Å². The third-order valence-electron chi connectivity index (χ3n) is 3.41. The number of nitrogens with one attached hydrogen (secondary N) is 1. The summed E-state index contributed by atoms with van der Waals surface area (Å²) < 4.78 is 15.8. The Bertz CT molecular complexity index is 466. The van der Waals surface area contributed by atoms with Crippen LogP contribution in [-0.2, 0) is 9.47 Å². The maximum absolute atomic E-state index is 12.2. The van der Waals surface area contributed by atoms with Crippen molar-refractivity contribution >= 4 is 11.7 Å². The predicted molar refractivity (Wildman–Crippen MR) is 82.2 cm³/mol. The number of carbonyl (C=O) groups excluding carboxylic acids is 1. The van der Waals surface area contributed by atoms with Crippen LogP contribution in [-0.4, -0.2) is 62.0 Å². The molecule has 7 heteroatoms. The van der Waals surface area contributed by atoms with Crippen LogP contribution in [0.2, 0.25) is 0 Å². The first-order valence-corrected chi connectivity index (χ1v) is 7.48. The van der Waals surface area contributed by atoms with Crippen molar-refractivity contribution in [2.75, 3.05) is 45.3 Å². The number of urea groups is 1. The van der Waals surface area contributed by atoms with Crippen molar-refractivity contribution in [1.29, 1.82) is 0 Å². The molecule has 1 N–H and O–H groups in total. The lowest BCUT2D eigenvalue weighted by molar-refractivity contribution is -0.0134. The van der Waals surface area contributed by atoms with E-state index in [1.807, 2.05) is 0 Å². The SMILES string of the molecule is CC[C@H]1CN(C(=O)Nc2ccc(OCCOC)nc2)CCO1. The number of hydrogen-bond donors (Lipinski definition) is 1. The van der Waals surface area contributed by atoms with Gasteiger partial charge in [0.2, 0.25) is 5.88 Å². The van der Waals surface area contributed by atoms with Gasteiger partial charge in [-0.2, -0.15) is 0 Å². The van der Waals surface area contributed by atoms with Gasteiger partial charge < -0.3 is 24.4 Å². The molecule has 1 fully saturated rings. The molecule has 1 saturated heterocycles. The highest BCUT2D eigenvalue weighted by molar-refractivity contribution is 5.89. The Kier molecular flexibility index (Phi) is 6.42. The van der Waals surface area contributed by atoms with Crippen molar-refractivity contribution in [2.45, 2.75) is 19.4 Å². The molecule has 0 unspecified atom stereocenters. The van der Waals surface area contributed by atoms with E-state index in [-0.39, 0.29) is 12.1 Å². The molecule has 2 amide bonds. The Morgan fingerprint density at radius 2 is 2.36 bits per heavy atom. The summed E-state index contributed by atoms with van der Waals surface area (Å²) in [6.07, 6.45) is 2.60. The predicted octanol–water partition coefficient (Wildman–Crippen LogP) is 1.75. The maximum atomic E-state index is 12.2. The molecule has 0 saturated carbocycles. The number of pyridine rings is 1. The number of methoxy groups -OCH3 is 1. The van der Waals surface area contributed by atoms with Crippen molar-refractivity contribution in [2.24, 2.45) is 0 Å². The fourth-order valence-electron chi connectivity index (χ4n) is 2.12. The fourth-order valence-corrected chi connectivity index (χ4v) is 2.12. The first-order valence-electron chi connectivity index (χ1n) is 7.48. The summed E-state index contributed by atoms with van der Waals surface area (Å²) in [5.41, 5.74) is 0.642. The van der Waals surface area contributed by atoms with E-state index in [1.165, 1.54) is 0 Å². The number of ether oxygens (including phenoxy) is 3. The molecular weight excluding hydrogens is 286 g/mol. The monoisotopic (exact) mass is 309 g/mol. The summed E-state index contributed by atoms with van der Waals surface area (Å²) in [4.78, 5) is 18.1. The van der Waals surface area contributed by atoms with E-state index in [1.54, 1.807) is 30.3 Å². The molecule has 1 aliphatic heterocycles. The molecular formula is C15H23N3O4. The molecule has 1 aliphatic rings. The molecule has 22 heavy (non-hydrogen) atoms. The molecule has 0 aliphatic carbocycles. The van der Waals surface area contributed by atoms with Gasteiger partial charge in [-0.1, -0.05) is 6.92 Å². The summed E-state index contributed by atoms with van der Waals surface area (Å²) >= 11 is 0. The summed E-state index contributed by atoms with van der Waals surface area (Å²) in [5.74, 6) is 0.507. The molecule has 1 atom stereocenters. The molecule has 122 valence electrons. The van der Waals surface area contributed by atoms with Gasteiger partial charge >= 0.3 is 6.03 Å². The van der Waals surface area contributed by atoms with Crippen molar-refractivity contribution in [1.82, 2.24) is 9.88 Å². The quantitative estimate of drug-likeness (QED) is 0.811. The lowest BCUT2D eigenvalue weighted by atomic mass is 10.2. The topological polar surface area (TPSA) is 72.9 Å². The van der Waals surface area contributed by atoms with Crippen LogP contribution in [0.1, 0.15) is 13.3 Å². The molecule has 2 heterocycles. The number of morpholine rings is 1. The lowest BCUT2D eigenvalue weighted by Crippen LogP contribution is -2.47. The van der Waals surface area contributed by atoms with Crippen LogP contribution >= 0.6 is 0 Å². The summed E-state index contributed by atoms with van der Waals surface area (Å²) in [7, 11) is 1.62. The number of carbonyl (C=O) groups is 1. The van der Waals surface area contributed by atoms with Gasteiger partial charge in [0.25, 0.3) is 0 Å². The second-order valence-corrected chi connectivity index (χ2v) is 5.00. The number of amides is 2. The fraction of sp³-hybridized carbons (Fsp3) is 0.600. The zero-order valence-corrected chi connectivity index (χ0v) is 13.1. The van der Waals surface area contributed by atoms with Crippen LogP contribution in [0.3, 0.4) is 0 Å². The van der Waals surface area contributed by atoms with E-state index in [4.69, 9.17) is 14.2 Å². The van der Waals surface area contributed by atoms with Crippen molar-refractivity contribution < 1.29 is 19.0 Å². The van der Waals surface area contributed by atoms with Crippen LogP contribution in [0.15, 0.2) is 18.3 Å². The summed E-state index contributed by atoms with van der Waals surface area (Å²) in [6, 6.07) is 3.36.